The molecule has 1 saturated heterocycles. The summed E-state index contributed by atoms with van der Waals surface area (Å²) in [6.07, 6.45) is 3.91. The van der Waals surface area contributed by atoms with E-state index < -0.39 is 0 Å². The quantitative estimate of drug-likeness (QED) is 0.440. The van der Waals surface area contributed by atoms with Crippen molar-refractivity contribution in [1.82, 2.24) is 20.3 Å². The van der Waals surface area contributed by atoms with Gasteiger partial charge >= 0.3 is 0 Å². The van der Waals surface area contributed by atoms with E-state index in [9.17, 15) is 4.79 Å². The first kappa shape index (κ1) is 20.9. The van der Waals surface area contributed by atoms with Gasteiger partial charge in [-0.1, -0.05) is 42.2 Å². The van der Waals surface area contributed by atoms with Gasteiger partial charge in [0.05, 0.1) is 12.9 Å². The Kier molecular flexibility index (Phi) is 6.69. The number of nitrogens with zero attached hydrogens (tertiary/aromatic N) is 4. The Labute approximate surface area is 184 Å². The molecule has 1 N–H and O–H groups in total. The Morgan fingerprint density at radius 2 is 2.17 bits per heavy atom. The monoisotopic (exact) mass is 443 g/mol. The zero-order valence-corrected chi connectivity index (χ0v) is 18.8. The molecule has 30 heavy (non-hydrogen) atoms. The fourth-order valence-electron chi connectivity index (χ4n) is 3.33. The smallest absolute Gasteiger partial charge is 0.230 e. The van der Waals surface area contributed by atoms with Gasteiger partial charge in [-0.3, -0.25) is 4.79 Å². The minimum Gasteiger partial charge on any atom is -0.497 e. The van der Waals surface area contributed by atoms with Crippen molar-refractivity contribution in [3.8, 4) is 5.75 Å². The summed E-state index contributed by atoms with van der Waals surface area (Å²) < 4.78 is 6.17. The van der Waals surface area contributed by atoms with Gasteiger partial charge in [0.1, 0.15) is 21.8 Å². The third-order valence-electron chi connectivity index (χ3n) is 5.17. The molecule has 4 rings (SSSR count). The molecule has 0 bridgehead atoms. The molecule has 0 spiro atoms. The molecule has 0 unspecified atom stereocenters. The highest BCUT2D eigenvalue weighted by molar-refractivity contribution is 8.00. The average molecular weight is 444 g/mol. The second-order valence-electron chi connectivity index (χ2n) is 7.41. The van der Waals surface area contributed by atoms with Crippen molar-refractivity contribution in [3.63, 3.8) is 0 Å². The van der Waals surface area contributed by atoms with Crippen LogP contribution in [0, 0.1) is 5.92 Å². The molecule has 1 amide bonds. The number of thioether (sulfide) groups is 1. The Hall–Kier alpha value is -2.39. The summed E-state index contributed by atoms with van der Waals surface area (Å²) in [7, 11) is 1.63. The van der Waals surface area contributed by atoms with E-state index in [1.54, 1.807) is 18.4 Å². The van der Waals surface area contributed by atoms with Gasteiger partial charge in [0.2, 0.25) is 5.91 Å². The van der Waals surface area contributed by atoms with E-state index in [0.717, 1.165) is 45.2 Å². The van der Waals surface area contributed by atoms with Gasteiger partial charge in [-0.05, 0) is 36.5 Å². The lowest BCUT2D eigenvalue weighted by Crippen LogP contribution is -2.32. The summed E-state index contributed by atoms with van der Waals surface area (Å²) in [4.78, 5) is 28.1. The lowest BCUT2D eigenvalue weighted by molar-refractivity contribution is -0.118. The van der Waals surface area contributed by atoms with Crippen molar-refractivity contribution < 1.29 is 9.53 Å². The molecule has 0 radical (unpaired) electrons. The predicted octanol–water partition coefficient (Wildman–Crippen LogP) is 3.74. The van der Waals surface area contributed by atoms with Gasteiger partial charge in [0, 0.05) is 19.6 Å². The number of hydrogen-bond acceptors (Lipinski definition) is 8. The van der Waals surface area contributed by atoms with Crippen molar-refractivity contribution in [2.45, 2.75) is 31.3 Å². The summed E-state index contributed by atoms with van der Waals surface area (Å²) in [5, 5.41) is 4.76. The first-order valence-corrected chi connectivity index (χ1v) is 11.8. The Morgan fingerprint density at radius 1 is 1.33 bits per heavy atom. The number of thiazole rings is 1. The minimum atomic E-state index is -0.0376. The highest BCUT2D eigenvalue weighted by Crippen LogP contribution is 2.35. The van der Waals surface area contributed by atoms with E-state index in [4.69, 9.17) is 9.72 Å². The number of carbonyl (C=O) groups excluding carboxylic acids is 1. The second-order valence-corrected chi connectivity index (χ2v) is 9.36. The summed E-state index contributed by atoms with van der Waals surface area (Å²) >= 11 is 3.05. The van der Waals surface area contributed by atoms with Crippen molar-refractivity contribution >= 4 is 44.5 Å². The van der Waals surface area contributed by atoms with E-state index >= 15 is 0 Å². The molecule has 7 nitrogen and oxygen atoms in total. The number of rotatable bonds is 7. The van der Waals surface area contributed by atoms with Crippen LogP contribution in [0.15, 0.2) is 35.6 Å². The fraction of sp³-hybridized carbons (Fsp3) is 0.429. The maximum Gasteiger partial charge on any atom is 0.230 e. The van der Waals surface area contributed by atoms with E-state index in [1.165, 1.54) is 30.9 Å². The highest BCUT2D eigenvalue weighted by Gasteiger charge is 2.20. The number of nitrogens with one attached hydrogen (secondary N) is 1. The minimum absolute atomic E-state index is 0.0376. The van der Waals surface area contributed by atoms with Crippen LogP contribution in [-0.2, 0) is 11.3 Å². The van der Waals surface area contributed by atoms with Gasteiger partial charge in [-0.25, -0.2) is 9.97 Å². The lowest BCUT2D eigenvalue weighted by atomic mass is 10.00. The third-order valence-corrected chi connectivity index (χ3v) is 7.40. The van der Waals surface area contributed by atoms with Gasteiger partial charge in [-0.15, -0.1) is 0 Å². The normalized spacial score (nSPS) is 14.8. The van der Waals surface area contributed by atoms with Gasteiger partial charge in [0.25, 0.3) is 0 Å². The molecular weight excluding hydrogens is 418 g/mol. The summed E-state index contributed by atoms with van der Waals surface area (Å²) in [5.41, 5.74) is 1.71. The molecule has 0 saturated carbocycles. The van der Waals surface area contributed by atoms with E-state index in [0.29, 0.717) is 17.9 Å². The Morgan fingerprint density at radius 3 is 2.97 bits per heavy atom. The topological polar surface area (TPSA) is 80.2 Å². The molecule has 158 valence electrons. The van der Waals surface area contributed by atoms with Crippen LogP contribution in [0.3, 0.4) is 0 Å². The van der Waals surface area contributed by atoms with Crippen LogP contribution in [0.5, 0.6) is 5.75 Å². The SMILES string of the molecule is COc1cccc(CNC(=O)CSc2ncnc3nc(N4CCC(C)CC4)sc23)c1. The van der Waals surface area contributed by atoms with E-state index in [-0.39, 0.29) is 5.91 Å². The molecule has 2 aromatic heterocycles. The van der Waals surface area contributed by atoms with Crippen LogP contribution in [0.4, 0.5) is 5.13 Å². The largest absolute Gasteiger partial charge is 0.497 e. The number of ether oxygens (including phenoxy) is 1. The number of hydrogen-bond donors (Lipinski definition) is 1. The molecule has 0 aliphatic carbocycles. The Bertz CT molecular complexity index is 1020. The van der Waals surface area contributed by atoms with Gasteiger partial charge < -0.3 is 15.0 Å². The zero-order chi connectivity index (χ0) is 20.9. The molecular formula is C21H25N5O2S2. The first-order valence-electron chi connectivity index (χ1n) is 10.0. The number of fused-ring (bicyclic) bond motifs is 1. The van der Waals surface area contributed by atoms with E-state index in [2.05, 4.69) is 27.1 Å². The first-order chi connectivity index (χ1) is 14.6. The van der Waals surface area contributed by atoms with Crippen LogP contribution in [0.2, 0.25) is 0 Å². The standard InChI is InChI=1S/C21H25N5O2S2/c1-14-6-8-26(9-7-14)21-25-19-18(30-21)20(24-13-23-19)29-12-17(27)22-11-15-4-3-5-16(10-15)28-2/h3-5,10,13-14H,6-9,11-12H2,1-2H3,(H,22,27). The van der Waals surface area contributed by atoms with Crippen LogP contribution in [-0.4, -0.2) is 46.8 Å². The number of anilines is 1. The zero-order valence-electron chi connectivity index (χ0n) is 17.1. The van der Waals surface area contributed by atoms with Crippen molar-refractivity contribution in [1.29, 1.82) is 0 Å². The summed E-state index contributed by atoms with van der Waals surface area (Å²) in [6, 6.07) is 7.68. The maximum absolute atomic E-state index is 12.3. The highest BCUT2D eigenvalue weighted by atomic mass is 32.2. The lowest BCUT2D eigenvalue weighted by Gasteiger charge is -2.29. The van der Waals surface area contributed by atoms with Crippen molar-refractivity contribution in [3.05, 3.63) is 36.2 Å². The molecule has 1 aliphatic heterocycles. The fourth-order valence-corrected chi connectivity index (χ4v) is 5.30. The molecule has 3 aromatic rings. The molecule has 9 heteroatoms. The van der Waals surface area contributed by atoms with Crippen molar-refractivity contribution in [2.24, 2.45) is 5.92 Å². The number of carbonyl (C=O) groups is 1. The maximum atomic E-state index is 12.3. The van der Waals surface area contributed by atoms with Gasteiger partial charge in [-0.2, -0.15) is 4.98 Å². The molecule has 0 atom stereocenters. The van der Waals surface area contributed by atoms with Crippen LogP contribution in [0.25, 0.3) is 10.3 Å². The molecule has 1 aliphatic rings. The van der Waals surface area contributed by atoms with E-state index in [1.807, 2.05) is 24.3 Å². The number of piperidine rings is 1. The number of methoxy groups -OCH3 is 1. The van der Waals surface area contributed by atoms with Crippen molar-refractivity contribution in [2.75, 3.05) is 30.9 Å². The second kappa shape index (κ2) is 9.61. The van der Waals surface area contributed by atoms with Crippen LogP contribution < -0.4 is 15.0 Å². The van der Waals surface area contributed by atoms with Crippen LogP contribution >= 0.6 is 23.1 Å². The number of amides is 1. The molecule has 3 heterocycles. The molecule has 1 fully saturated rings. The van der Waals surface area contributed by atoms with Gasteiger partial charge in [0.15, 0.2) is 10.8 Å². The average Bonchev–Trinajstić information content (AvgIpc) is 3.22. The summed E-state index contributed by atoms with van der Waals surface area (Å²) in [6.45, 7) is 4.83. The molecule has 1 aromatic carbocycles. The third kappa shape index (κ3) is 5.02. The van der Waals surface area contributed by atoms with Crippen LogP contribution in [0.1, 0.15) is 25.3 Å². The predicted molar refractivity (Wildman–Crippen MR) is 121 cm³/mol. The Balaban J connectivity index is 1.37. The summed E-state index contributed by atoms with van der Waals surface area (Å²) in [5.74, 6) is 1.81. The number of aromatic nitrogens is 3. The number of benzene rings is 1.